The van der Waals surface area contributed by atoms with Crippen LogP contribution in [0.3, 0.4) is 0 Å². The summed E-state index contributed by atoms with van der Waals surface area (Å²) >= 11 is 5.21. The first-order valence-electron chi connectivity index (χ1n) is 5.87. The van der Waals surface area contributed by atoms with Crippen molar-refractivity contribution in [1.82, 2.24) is 20.3 Å². The van der Waals surface area contributed by atoms with Crippen molar-refractivity contribution >= 4 is 30.5 Å². The Labute approximate surface area is 120 Å². The molecule has 100 valence electrons. The van der Waals surface area contributed by atoms with Gasteiger partial charge in [-0.3, -0.25) is 0 Å². The first kappa shape index (κ1) is 13.2. The summed E-state index contributed by atoms with van der Waals surface area (Å²) in [5.74, 6) is -1.93. The predicted molar refractivity (Wildman–Crippen MR) is 74.0 cm³/mol. The molecule has 0 saturated heterocycles. The minimum absolute atomic E-state index is 0.110. The van der Waals surface area contributed by atoms with Crippen molar-refractivity contribution in [1.29, 1.82) is 0 Å². The Hall–Kier alpha value is -1.83. The lowest BCUT2D eigenvalue weighted by atomic mass is 9.84. The van der Waals surface area contributed by atoms with Gasteiger partial charge in [-0.15, -0.1) is 5.10 Å². The number of rotatable bonds is 1. The molecule has 1 aliphatic rings. The fraction of sp³-hybridized carbons (Fsp3) is 0.250. The molecule has 4 nitrogen and oxygen atoms in total. The first-order valence-corrected chi connectivity index (χ1v) is 6.27. The number of fused-ring (bicyclic) bond motifs is 1. The molecular weight excluding hydrogens is 281 g/mol. The van der Waals surface area contributed by atoms with E-state index in [-0.39, 0.29) is 17.6 Å². The molecule has 1 aliphatic heterocycles. The van der Waals surface area contributed by atoms with Gasteiger partial charge in [0, 0.05) is 5.56 Å². The molecule has 1 aromatic heterocycles. The maximum absolute atomic E-state index is 14.1. The second-order valence-electron chi connectivity index (χ2n) is 4.93. The molecule has 0 bridgehead atoms. The number of hydrogen-bond acceptors (Lipinski definition) is 3. The van der Waals surface area contributed by atoms with Gasteiger partial charge in [-0.1, -0.05) is 29.0 Å². The van der Waals surface area contributed by atoms with Crippen LogP contribution >= 0.6 is 12.2 Å². The minimum atomic E-state index is -0.988. The van der Waals surface area contributed by atoms with Gasteiger partial charge in [0.1, 0.15) is 18.5 Å². The highest BCUT2D eigenvalue weighted by molar-refractivity contribution is 7.80. The number of hydrogen-bond donors (Lipinski definition) is 1. The average Bonchev–Trinajstić information content (AvgIpc) is 2.81. The summed E-state index contributed by atoms with van der Waals surface area (Å²) in [4.78, 5) is 0.381. The van der Waals surface area contributed by atoms with E-state index in [1.807, 2.05) is 0 Å². The molecule has 0 fully saturated rings. The molecule has 0 spiro atoms. The number of nitrogens with zero attached hydrogens (tertiary/aromatic N) is 3. The molecule has 2 radical (unpaired) electrons. The Morgan fingerprint density at radius 3 is 2.95 bits per heavy atom. The fourth-order valence-electron chi connectivity index (χ4n) is 2.37. The second-order valence-corrected chi connectivity index (χ2v) is 5.34. The van der Waals surface area contributed by atoms with Gasteiger partial charge < -0.3 is 5.32 Å². The average molecular weight is 290 g/mol. The summed E-state index contributed by atoms with van der Waals surface area (Å²) in [5, 5.41) is 10.7. The van der Waals surface area contributed by atoms with Gasteiger partial charge in [0.25, 0.3) is 0 Å². The molecule has 3 rings (SSSR count). The van der Waals surface area contributed by atoms with E-state index in [4.69, 9.17) is 20.1 Å². The zero-order valence-corrected chi connectivity index (χ0v) is 11.3. The van der Waals surface area contributed by atoms with E-state index in [0.29, 0.717) is 10.7 Å². The topological polar surface area (TPSA) is 42.7 Å². The largest absolute Gasteiger partial charge is 0.363 e. The van der Waals surface area contributed by atoms with E-state index in [9.17, 15) is 8.78 Å². The summed E-state index contributed by atoms with van der Waals surface area (Å²) in [5.41, 5.74) is -0.0454. The minimum Gasteiger partial charge on any atom is -0.363 e. The highest BCUT2D eigenvalue weighted by atomic mass is 32.1. The van der Waals surface area contributed by atoms with Crippen molar-refractivity contribution in [3.63, 3.8) is 0 Å². The van der Waals surface area contributed by atoms with Crippen molar-refractivity contribution in [2.24, 2.45) is 0 Å². The Kier molecular flexibility index (Phi) is 2.86. The smallest absolute Gasteiger partial charge is 0.164 e. The number of nitrogens with one attached hydrogen (secondary N) is 1. The van der Waals surface area contributed by atoms with Crippen molar-refractivity contribution in [3.8, 4) is 0 Å². The Morgan fingerprint density at radius 1 is 1.45 bits per heavy atom. The highest BCUT2D eigenvalue weighted by Crippen LogP contribution is 2.29. The maximum atomic E-state index is 14.1. The van der Waals surface area contributed by atoms with E-state index in [2.05, 4.69) is 15.6 Å². The van der Waals surface area contributed by atoms with Gasteiger partial charge in [0.2, 0.25) is 0 Å². The zero-order chi connectivity index (χ0) is 14.5. The third kappa shape index (κ3) is 1.91. The molecule has 0 aliphatic carbocycles. The molecular formula is C12H9BF2N4S. The van der Waals surface area contributed by atoms with Gasteiger partial charge in [-0.2, -0.15) is 0 Å². The number of aromatic nitrogens is 3. The normalized spacial score (nSPS) is 21.4. The SMILES string of the molecule is [B]c1cc(F)c(F)c([C@]2(C)Cn3nncc3C(=S)N2)c1. The van der Waals surface area contributed by atoms with E-state index in [1.165, 1.54) is 12.3 Å². The first-order chi connectivity index (χ1) is 9.40. The molecule has 20 heavy (non-hydrogen) atoms. The quantitative estimate of drug-likeness (QED) is 0.615. The lowest BCUT2D eigenvalue weighted by molar-refractivity contribution is 0.313. The second kappa shape index (κ2) is 4.34. The van der Waals surface area contributed by atoms with Crippen LogP contribution in [0.2, 0.25) is 0 Å². The molecule has 1 aromatic carbocycles. The van der Waals surface area contributed by atoms with Crippen LogP contribution in [-0.2, 0) is 12.1 Å². The van der Waals surface area contributed by atoms with E-state index >= 15 is 0 Å². The number of benzene rings is 1. The van der Waals surface area contributed by atoms with E-state index < -0.39 is 17.2 Å². The summed E-state index contributed by atoms with van der Waals surface area (Å²) in [6, 6.07) is 2.35. The van der Waals surface area contributed by atoms with Crippen LogP contribution in [0.5, 0.6) is 0 Å². The molecule has 0 unspecified atom stereocenters. The molecule has 1 N–H and O–H groups in total. The van der Waals surface area contributed by atoms with Crippen LogP contribution in [0.25, 0.3) is 0 Å². The fourth-order valence-corrected chi connectivity index (χ4v) is 2.75. The number of thiocarbonyl (C=S) groups is 1. The van der Waals surface area contributed by atoms with Crippen LogP contribution in [0.15, 0.2) is 18.3 Å². The highest BCUT2D eigenvalue weighted by Gasteiger charge is 2.37. The predicted octanol–water partition coefficient (Wildman–Crippen LogP) is 0.544. The van der Waals surface area contributed by atoms with Gasteiger partial charge in [0.05, 0.1) is 18.3 Å². The van der Waals surface area contributed by atoms with Crippen molar-refractivity contribution in [2.75, 3.05) is 0 Å². The Morgan fingerprint density at radius 2 is 2.20 bits per heavy atom. The third-order valence-corrected chi connectivity index (χ3v) is 3.66. The van der Waals surface area contributed by atoms with Crippen LogP contribution in [-0.4, -0.2) is 27.8 Å². The van der Waals surface area contributed by atoms with Crippen molar-refractivity contribution in [2.45, 2.75) is 19.0 Å². The molecule has 1 atom stereocenters. The summed E-state index contributed by atoms with van der Waals surface area (Å²) in [7, 11) is 5.60. The molecule has 2 aromatic rings. The standard InChI is InChI=1S/C12H9BF2N4S/c1-12(7-2-6(13)3-8(14)10(7)15)5-19-9(4-16-18-19)11(20)17-12/h2-4H,5H2,1H3,(H,17,20)/t12-/m0/s1. The summed E-state index contributed by atoms with van der Waals surface area (Å²) in [6.07, 6.45) is 1.52. The molecule has 0 saturated carbocycles. The number of halogens is 2. The van der Waals surface area contributed by atoms with Gasteiger partial charge in [-0.05, 0) is 13.0 Å². The van der Waals surface area contributed by atoms with Crippen molar-refractivity contribution in [3.05, 3.63) is 41.2 Å². The Balaban J connectivity index is 2.13. The summed E-state index contributed by atoms with van der Waals surface area (Å²) in [6.45, 7) is 1.98. The van der Waals surface area contributed by atoms with E-state index in [0.717, 1.165) is 6.07 Å². The molecule has 8 heteroatoms. The zero-order valence-electron chi connectivity index (χ0n) is 10.5. The summed E-state index contributed by atoms with van der Waals surface area (Å²) < 4.78 is 29.2. The Bertz CT molecular complexity index is 717. The monoisotopic (exact) mass is 290 g/mol. The van der Waals surface area contributed by atoms with Crippen molar-refractivity contribution < 1.29 is 8.78 Å². The molecule has 0 amide bonds. The lowest BCUT2D eigenvalue weighted by Gasteiger charge is -2.36. The van der Waals surface area contributed by atoms with Crippen LogP contribution < -0.4 is 10.8 Å². The van der Waals surface area contributed by atoms with Gasteiger partial charge in [-0.25, -0.2) is 13.5 Å². The van der Waals surface area contributed by atoms with Crippen LogP contribution in [0.1, 0.15) is 18.2 Å². The van der Waals surface area contributed by atoms with Gasteiger partial charge >= 0.3 is 0 Å². The molecule has 2 heterocycles. The lowest BCUT2D eigenvalue weighted by Crippen LogP contribution is -2.52. The third-order valence-electron chi connectivity index (χ3n) is 3.35. The van der Waals surface area contributed by atoms with Gasteiger partial charge in [0.15, 0.2) is 11.6 Å². The van der Waals surface area contributed by atoms with Crippen LogP contribution in [0, 0.1) is 11.6 Å². The van der Waals surface area contributed by atoms with E-state index in [1.54, 1.807) is 11.6 Å². The van der Waals surface area contributed by atoms with Crippen LogP contribution in [0.4, 0.5) is 8.78 Å². The maximum Gasteiger partial charge on any atom is 0.164 e.